The molecule has 0 saturated heterocycles. The Kier molecular flexibility index (Phi) is 5.28. The molecule has 51 heavy (non-hydrogen) atoms. The van der Waals surface area contributed by atoms with Gasteiger partial charge in [-0.05, 0) is 93.5 Å². The number of rotatable bonds is 2. The van der Waals surface area contributed by atoms with Crippen molar-refractivity contribution in [3.63, 3.8) is 0 Å². The lowest BCUT2D eigenvalue weighted by Gasteiger charge is -2.42. The van der Waals surface area contributed by atoms with Crippen LogP contribution in [0.1, 0.15) is 23.6 Å². The maximum absolute atomic E-state index is 7.09. The fourth-order valence-corrected chi connectivity index (χ4v) is 10.7. The van der Waals surface area contributed by atoms with Gasteiger partial charge in [0, 0.05) is 47.6 Å². The Morgan fingerprint density at radius 2 is 1.24 bits per heavy atom. The number of para-hydroxylation sites is 1. The van der Waals surface area contributed by atoms with Gasteiger partial charge < -0.3 is 9.32 Å². The number of thiophene rings is 1. The van der Waals surface area contributed by atoms with E-state index >= 15 is 0 Å². The van der Waals surface area contributed by atoms with Crippen LogP contribution in [0.3, 0.4) is 0 Å². The van der Waals surface area contributed by atoms with Gasteiger partial charge in [0.15, 0.2) is 0 Å². The Morgan fingerprint density at radius 1 is 0.529 bits per heavy atom. The van der Waals surface area contributed by atoms with E-state index in [9.17, 15) is 0 Å². The number of hydrogen-bond acceptors (Lipinski definition) is 3. The van der Waals surface area contributed by atoms with Crippen LogP contribution in [0.15, 0.2) is 162 Å². The molecule has 2 aromatic heterocycles. The van der Waals surface area contributed by atoms with Crippen LogP contribution in [0.25, 0.3) is 75.1 Å². The molecule has 1 atom stereocenters. The molecule has 2 nitrogen and oxygen atoms in total. The lowest BCUT2D eigenvalue weighted by Crippen LogP contribution is -2.32. The van der Waals surface area contributed by atoms with E-state index in [-0.39, 0.29) is 0 Å². The van der Waals surface area contributed by atoms with Gasteiger partial charge in [-0.2, -0.15) is 0 Å². The van der Waals surface area contributed by atoms with E-state index in [1.807, 2.05) is 11.3 Å². The fourth-order valence-electron chi connectivity index (χ4n) is 9.59. The van der Waals surface area contributed by atoms with Gasteiger partial charge in [-0.15, -0.1) is 11.3 Å². The molecule has 0 radical (unpaired) electrons. The predicted molar refractivity (Wildman–Crippen MR) is 215 cm³/mol. The van der Waals surface area contributed by atoms with Gasteiger partial charge in [-0.1, -0.05) is 115 Å². The summed E-state index contributed by atoms with van der Waals surface area (Å²) >= 11 is 1.87. The molecule has 0 N–H and O–H groups in total. The van der Waals surface area contributed by atoms with Crippen LogP contribution in [0, 0.1) is 0 Å². The highest BCUT2D eigenvalue weighted by atomic mass is 32.1. The van der Waals surface area contributed by atoms with Crippen molar-refractivity contribution >= 4 is 81.3 Å². The van der Waals surface area contributed by atoms with Gasteiger partial charge in [0.25, 0.3) is 0 Å². The summed E-state index contributed by atoms with van der Waals surface area (Å²) in [5, 5.41) is 7.51. The first-order valence-corrected chi connectivity index (χ1v) is 18.4. The molecule has 3 heteroatoms. The van der Waals surface area contributed by atoms with Crippen molar-refractivity contribution in [3.8, 4) is 22.3 Å². The van der Waals surface area contributed by atoms with Crippen molar-refractivity contribution in [1.82, 2.24) is 0 Å². The first kappa shape index (κ1) is 27.6. The second kappa shape index (κ2) is 9.75. The molecule has 0 saturated carbocycles. The minimum absolute atomic E-state index is 0.400. The van der Waals surface area contributed by atoms with Crippen LogP contribution < -0.4 is 4.90 Å². The van der Waals surface area contributed by atoms with Crippen LogP contribution in [0.2, 0.25) is 0 Å². The molecule has 1 unspecified atom stereocenters. The third kappa shape index (κ3) is 3.42. The number of furan rings is 1. The van der Waals surface area contributed by atoms with E-state index in [0.29, 0.717) is 0 Å². The summed E-state index contributed by atoms with van der Waals surface area (Å²) in [5.74, 6) is 0. The first-order valence-electron chi connectivity index (χ1n) is 17.6. The van der Waals surface area contributed by atoms with E-state index in [0.717, 1.165) is 11.2 Å². The van der Waals surface area contributed by atoms with E-state index in [4.69, 9.17) is 4.42 Å². The highest BCUT2D eigenvalue weighted by Crippen LogP contribution is 2.65. The van der Waals surface area contributed by atoms with E-state index < -0.39 is 5.41 Å². The summed E-state index contributed by atoms with van der Waals surface area (Å²) in [7, 11) is 0. The maximum Gasteiger partial charge on any atom is 0.144 e. The molecule has 0 bridgehead atoms. The predicted octanol–water partition coefficient (Wildman–Crippen LogP) is 13.9. The summed E-state index contributed by atoms with van der Waals surface area (Å²) in [4.78, 5) is 2.50. The molecule has 238 valence electrons. The van der Waals surface area contributed by atoms with Crippen LogP contribution in [-0.2, 0) is 5.41 Å². The average Bonchev–Trinajstić information content (AvgIpc) is 3.84. The highest BCUT2D eigenvalue weighted by molar-refractivity contribution is 7.25. The molecule has 12 rings (SSSR count). The van der Waals surface area contributed by atoms with Crippen LogP contribution in [-0.4, -0.2) is 0 Å². The van der Waals surface area contributed by atoms with E-state index in [2.05, 4.69) is 170 Å². The smallest absolute Gasteiger partial charge is 0.144 e. The highest BCUT2D eigenvalue weighted by Gasteiger charge is 2.50. The zero-order valence-electron chi connectivity index (χ0n) is 27.8. The van der Waals surface area contributed by atoms with Gasteiger partial charge in [-0.25, -0.2) is 0 Å². The number of nitrogens with zero attached hydrogens (tertiary/aromatic N) is 1. The number of benzene rings is 8. The standard InChI is InChI=1S/C48H29NOS/c1-48-36-20-8-9-21-37(36)49(29-25-26-41-35(27-29)31-15-7-10-24-40(31)51-41)38-22-11-19-34(45(38)48)44-46(48)33-17-6-5-16-32(33)43-42-30(28-13-3-2-4-14-28)18-12-23-39(42)50-47(43)44/h2-27H,1H3. The van der Waals surface area contributed by atoms with E-state index in [1.54, 1.807) is 0 Å². The third-order valence-corrected chi connectivity index (χ3v) is 12.7. The quantitative estimate of drug-likeness (QED) is 0.182. The average molecular weight is 668 g/mol. The zero-order chi connectivity index (χ0) is 33.4. The molecule has 8 aromatic carbocycles. The molecule has 0 amide bonds. The lowest BCUT2D eigenvalue weighted by molar-refractivity contribution is 0.668. The van der Waals surface area contributed by atoms with Gasteiger partial charge in [-0.3, -0.25) is 0 Å². The summed E-state index contributed by atoms with van der Waals surface area (Å²) < 4.78 is 9.73. The summed E-state index contributed by atoms with van der Waals surface area (Å²) in [5.41, 5.74) is 14.0. The van der Waals surface area contributed by atoms with Crippen molar-refractivity contribution in [3.05, 3.63) is 174 Å². The van der Waals surface area contributed by atoms with Gasteiger partial charge >= 0.3 is 0 Å². The van der Waals surface area contributed by atoms with Crippen LogP contribution in [0.4, 0.5) is 17.1 Å². The molecule has 1 aliphatic carbocycles. The normalized spacial score (nSPS) is 16.0. The van der Waals surface area contributed by atoms with Crippen LogP contribution in [0.5, 0.6) is 0 Å². The number of fused-ring (bicyclic) bond motifs is 15. The van der Waals surface area contributed by atoms with Gasteiger partial charge in [0.2, 0.25) is 0 Å². The van der Waals surface area contributed by atoms with Crippen molar-refractivity contribution in [2.75, 3.05) is 4.90 Å². The van der Waals surface area contributed by atoms with Crippen LogP contribution >= 0.6 is 11.3 Å². The Labute approximate surface area is 298 Å². The third-order valence-electron chi connectivity index (χ3n) is 11.6. The van der Waals surface area contributed by atoms with Gasteiger partial charge in [0.05, 0.1) is 11.4 Å². The molecule has 3 heterocycles. The molecule has 2 aliphatic rings. The second-order valence-electron chi connectivity index (χ2n) is 14.1. The Bertz CT molecular complexity index is 3110. The lowest BCUT2D eigenvalue weighted by atomic mass is 9.69. The topological polar surface area (TPSA) is 16.4 Å². The minimum Gasteiger partial charge on any atom is -0.455 e. The summed E-state index contributed by atoms with van der Waals surface area (Å²) in [6.45, 7) is 2.45. The van der Waals surface area contributed by atoms with Crippen molar-refractivity contribution in [2.45, 2.75) is 12.3 Å². The molecular formula is C48H29NOS. The fraction of sp³-hybridized carbons (Fsp3) is 0.0417. The largest absolute Gasteiger partial charge is 0.455 e. The van der Waals surface area contributed by atoms with Gasteiger partial charge in [0.1, 0.15) is 11.2 Å². The molecule has 0 fully saturated rings. The first-order chi connectivity index (χ1) is 25.2. The monoisotopic (exact) mass is 667 g/mol. The summed E-state index contributed by atoms with van der Waals surface area (Å²) in [6.07, 6.45) is 0. The molecule has 0 spiro atoms. The Balaban J connectivity index is 1.21. The molecular weight excluding hydrogens is 639 g/mol. The SMILES string of the molecule is CC12c3ccccc3N(c3ccc4sc5ccccc5c4c3)c3cccc(c31)-c1c2c2ccccc2c2c1oc1cccc(-c3ccccc3)c12. The summed E-state index contributed by atoms with van der Waals surface area (Å²) in [6, 6.07) is 57.9. The Hall–Kier alpha value is -6.16. The number of hydrogen-bond donors (Lipinski definition) is 0. The molecule has 10 aromatic rings. The maximum atomic E-state index is 7.09. The molecule has 1 aliphatic heterocycles. The van der Waals surface area contributed by atoms with Crippen molar-refractivity contribution < 1.29 is 4.42 Å². The minimum atomic E-state index is -0.400. The zero-order valence-corrected chi connectivity index (χ0v) is 28.6. The van der Waals surface area contributed by atoms with Crippen molar-refractivity contribution in [1.29, 1.82) is 0 Å². The van der Waals surface area contributed by atoms with E-state index in [1.165, 1.54) is 97.7 Å². The Morgan fingerprint density at radius 3 is 2.14 bits per heavy atom. The second-order valence-corrected chi connectivity index (χ2v) is 15.2. The number of anilines is 3. The van der Waals surface area contributed by atoms with Crippen molar-refractivity contribution in [2.24, 2.45) is 0 Å².